The highest BCUT2D eigenvalue weighted by Crippen LogP contribution is 2.30. The maximum Gasteiger partial charge on any atom is 0.270 e. The van der Waals surface area contributed by atoms with Gasteiger partial charge in [-0.3, -0.25) is 4.79 Å². The Bertz CT molecular complexity index is 830. The number of nitrogens with zero attached hydrogens (tertiary/aromatic N) is 1. The fourth-order valence-corrected chi connectivity index (χ4v) is 3.36. The molecular formula is C19H23F2N3O2. The van der Waals surface area contributed by atoms with Gasteiger partial charge >= 0.3 is 0 Å². The number of carbonyl (C=O) groups is 1. The Morgan fingerprint density at radius 1 is 1.42 bits per heavy atom. The summed E-state index contributed by atoms with van der Waals surface area (Å²) in [6.07, 6.45) is 3.88. The molecule has 0 bridgehead atoms. The number of hydrogen-bond donors (Lipinski definition) is 2. The smallest absolute Gasteiger partial charge is 0.270 e. The van der Waals surface area contributed by atoms with Crippen molar-refractivity contribution in [2.75, 3.05) is 19.7 Å². The van der Waals surface area contributed by atoms with Crippen LogP contribution in [0.25, 0.3) is 5.52 Å². The molecule has 1 aliphatic carbocycles. The van der Waals surface area contributed by atoms with Crippen LogP contribution in [0.1, 0.15) is 35.3 Å². The van der Waals surface area contributed by atoms with Crippen molar-refractivity contribution in [3.05, 3.63) is 35.7 Å². The van der Waals surface area contributed by atoms with Crippen molar-refractivity contribution >= 4 is 11.4 Å². The topological polar surface area (TPSA) is 54.8 Å². The number of carbonyl (C=O) groups excluding carboxylic acids is 1. The molecule has 0 spiro atoms. The van der Waals surface area contributed by atoms with Gasteiger partial charge in [0.15, 0.2) is 0 Å². The van der Waals surface area contributed by atoms with Crippen molar-refractivity contribution in [3.63, 3.8) is 0 Å². The largest absolute Gasteiger partial charge is 0.492 e. The SMILES string of the molecule is Cc1cc2ccc(OCC3CC3)cn2c1C(=O)NC1CNCCC1(F)F. The van der Waals surface area contributed by atoms with Gasteiger partial charge in [-0.25, -0.2) is 8.78 Å². The average Bonchev–Trinajstić information content (AvgIpc) is 3.36. The molecule has 1 aliphatic heterocycles. The standard InChI is InChI=1S/C19H23F2N3O2/c1-12-8-14-4-5-15(26-11-13-2-3-13)10-24(14)17(12)18(25)23-16-9-22-7-6-19(16,20)21/h4-5,8,10,13,16,22H,2-3,6-7,9,11H2,1H3,(H,23,25). The molecule has 5 nitrogen and oxygen atoms in total. The number of piperidine rings is 1. The summed E-state index contributed by atoms with van der Waals surface area (Å²) >= 11 is 0. The number of ether oxygens (including phenoxy) is 1. The van der Waals surface area contributed by atoms with Crippen molar-refractivity contribution < 1.29 is 18.3 Å². The predicted octanol–water partition coefficient (Wildman–Crippen LogP) is 2.76. The number of hydrogen-bond acceptors (Lipinski definition) is 3. The van der Waals surface area contributed by atoms with Gasteiger partial charge < -0.3 is 19.8 Å². The third kappa shape index (κ3) is 3.40. The van der Waals surface area contributed by atoms with Crippen molar-refractivity contribution in [1.82, 2.24) is 15.0 Å². The number of alkyl halides is 2. The molecule has 1 saturated carbocycles. The van der Waals surface area contributed by atoms with Gasteiger partial charge in [-0.05, 0) is 49.4 Å². The lowest BCUT2D eigenvalue weighted by atomic mass is 10.0. The maximum absolute atomic E-state index is 14.0. The van der Waals surface area contributed by atoms with E-state index in [1.165, 1.54) is 12.8 Å². The number of aromatic nitrogens is 1. The van der Waals surface area contributed by atoms with Crippen LogP contribution in [0, 0.1) is 12.8 Å². The Hall–Kier alpha value is -2.15. The molecule has 3 heterocycles. The molecule has 1 amide bonds. The second-order valence-electron chi connectivity index (χ2n) is 7.33. The Morgan fingerprint density at radius 2 is 2.23 bits per heavy atom. The Labute approximate surface area is 150 Å². The van der Waals surface area contributed by atoms with Gasteiger partial charge in [0.25, 0.3) is 11.8 Å². The molecular weight excluding hydrogens is 340 g/mol. The van der Waals surface area contributed by atoms with Crippen molar-refractivity contribution in [3.8, 4) is 5.75 Å². The molecule has 2 N–H and O–H groups in total. The first-order valence-corrected chi connectivity index (χ1v) is 9.08. The van der Waals surface area contributed by atoms with Gasteiger partial charge in [0.1, 0.15) is 17.5 Å². The first-order valence-electron chi connectivity index (χ1n) is 9.08. The molecule has 7 heteroatoms. The predicted molar refractivity (Wildman–Crippen MR) is 94.0 cm³/mol. The maximum atomic E-state index is 14.0. The van der Waals surface area contributed by atoms with Crippen molar-refractivity contribution in [2.24, 2.45) is 5.92 Å². The average molecular weight is 363 g/mol. The van der Waals surface area contributed by atoms with Crippen LogP contribution in [0.2, 0.25) is 0 Å². The van der Waals surface area contributed by atoms with Crippen LogP contribution in [0.4, 0.5) is 8.78 Å². The highest BCUT2D eigenvalue weighted by Gasteiger charge is 2.42. The number of amides is 1. The molecule has 1 saturated heterocycles. The minimum atomic E-state index is -2.90. The molecule has 1 atom stereocenters. The van der Waals surface area contributed by atoms with E-state index in [-0.39, 0.29) is 19.5 Å². The monoisotopic (exact) mass is 363 g/mol. The lowest BCUT2D eigenvalue weighted by Gasteiger charge is -2.32. The van der Waals surface area contributed by atoms with Gasteiger partial charge in [0.05, 0.1) is 12.8 Å². The van der Waals surface area contributed by atoms with Gasteiger partial charge in [0, 0.05) is 25.0 Å². The lowest BCUT2D eigenvalue weighted by molar-refractivity contribution is -0.0543. The normalized spacial score (nSPS) is 22.3. The van der Waals surface area contributed by atoms with Crippen molar-refractivity contribution in [1.29, 1.82) is 0 Å². The van der Waals surface area contributed by atoms with Crippen molar-refractivity contribution in [2.45, 2.75) is 38.2 Å². The highest BCUT2D eigenvalue weighted by atomic mass is 19.3. The van der Waals surface area contributed by atoms with E-state index in [2.05, 4.69) is 10.6 Å². The summed E-state index contributed by atoms with van der Waals surface area (Å²) in [5.41, 5.74) is 1.95. The summed E-state index contributed by atoms with van der Waals surface area (Å²) in [4.78, 5) is 12.8. The third-order valence-electron chi connectivity index (χ3n) is 5.13. The van der Waals surface area contributed by atoms with E-state index in [9.17, 15) is 13.6 Å². The zero-order valence-corrected chi connectivity index (χ0v) is 14.7. The molecule has 2 fully saturated rings. The molecule has 2 aromatic rings. The number of aryl methyl sites for hydroxylation is 1. The zero-order chi connectivity index (χ0) is 18.3. The minimum Gasteiger partial charge on any atom is -0.492 e. The molecule has 4 rings (SSSR count). The minimum absolute atomic E-state index is 0.0663. The highest BCUT2D eigenvalue weighted by molar-refractivity contribution is 5.96. The molecule has 0 radical (unpaired) electrons. The first kappa shape index (κ1) is 17.3. The Balaban J connectivity index is 1.58. The zero-order valence-electron chi connectivity index (χ0n) is 14.7. The van der Waals surface area contributed by atoms with Crippen LogP contribution in [0.3, 0.4) is 0 Å². The third-order valence-corrected chi connectivity index (χ3v) is 5.13. The van der Waals surface area contributed by atoms with Crippen LogP contribution in [0.15, 0.2) is 24.4 Å². The molecule has 140 valence electrons. The quantitative estimate of drug-likeness (QED) is 0.859. The van der Waals surface area contributed by atoms with Crippen LogP contribution < -0.4 is 15.4 Å². The molecule has 26 heavy (non-hydrogen) atoms. The van der Waals surface area contributed by atoms with E-state index in [0.29, 0.717) is 24.0 Å². The molecule has 0 aromatic carbocycles. The van der Waals surface area contributed by atoms with Crippen LogP contribution in [-0.4, -0.2) is 42.0 Å². The van der Waals surface area contributed by atoms with Gasteiger partial charge in [0.2, 0.25) is 0 Å². The summed E-state index contributed by atoms with van der Waals surface area (Å²) in [5, 5.41) is 5.42. The molecule has 2 aromatic heterocycles. The van der Waals surface area contributed by atoms with E-state index in [4.69, 9.17) is 4.74 Å². The number of halogens is 2. The summed E-state index contributed by atoms with van der Waals surface area (Å²) < 4.78 is 35.6. The Kier molecular flexibility index (Phi) is 4.34. The summed E-state index contributed by atoms with van der Waals surface area (Å²) in [6.45, 7) is 2.81. The van der Waals surface area contributed by atoms with E-state index in [0.717, 1.165) is 11.1 Å². The number of rotatable bonds is 5. The van der Waals surface area contributed by atoms with E-state index in [1.54, 1.807) is 10.6 Å². The van der Waals surface area contributed by atoms with Crippen LogP contribution in [-0.2, 0) is 0 Å². The second kappa shape index (κ2) is 6.54. The molecule has 2 aliphatic rings. The van der Waals surface area contributed by atoms with E-state index in [1.807, 2.05) is 25.1 Å². The fourth-order valence-electron chi connectivity index (χ4n) is 3.36. The molecule has 1 unspecified atom stereocenters. The van der Waals surface area contributed by atoms with E-state index >= 15 is 0 Å². The van der Waals surface area contributed by atoms with Gasteiger partial charge in [-0.15, -0.1) is 0 Å². The van der Waals surface area contributed by atoms with Gasteiger partial charge in [-0.2, -0.15) is 0 Å². The van der Waals surface area contributed by atoms with Gasteiger partial charge in [-0.1, -0.05) is 0 Å². The summed E-state index contributed by atoms with van der Waals surface area (Å²) in [6, 6.07) is 4.42. The number of fused-ring (bicyclic) bond motifs is 1. The summed E-state index contributed by atoms with van der Waals surface area (Å²) in [5.74, 6) is -2.09. The number of pyridine rings is 1. The second-order valence-corrected chi connectivity index (χ2v) is 7.33. The van der Waals surface area contributed by atoms with Crippen LogP contribution >= 0.6 is 0 Å². The van der Waals surface area contributed by atoms with Crippen LogP contribution in [0.5, 0.6) is 5.75 Å². The lowest BCUT2D eigenvalue weighted by Crippen LogP contribution is -2.57. The first-order chi connectivity index (χ1) is 12.4. The Morgan fingerprint density at radius 3 is 2.96 bits per heavy atom. The summed E-state index contributed by atoms with van der Waals surface area (Å²) in [7, 11) is 0. The fraction of sp³-hybridized carbons (Fsp3) is 0.526. The number of nitrogens with one attached hydrogen (secondary N) is 2. The van der Waals surface area contributed by atoms with E-state index < -0.39 is 17.9 Å².